The number of rotatable bonds is 1. The molecule has 0 aliphatic rings. The van der Waals surface area contributed by atoms with Crippen LogP contribution >= 0.6 is 0 Å². The van der Waals surface area contributed by atoms with Crippen LogP contribution in [-0.4, -0.2) is 6.18 Å². The van der Waals surface area contributed by atoms with Gasteiger partial charge in [0.2, 0.25) is 0 Å². The molecule has 0 aliphatic carbocycles. The Kier molecular flexibility index (Phi) is 2.94. The van der Waals surface area contributed by atoms with E-state index >= 15 is 0 Å². The van der Waals surface area contributed by atoms with Gasteiger partial charge in [0.15, 0.2) is 0 Å². The predicted octanol–water partition coefficient (Wildman–Crippen LogP) is 3.30. The molecule has 60 valence electrons. The van der Waals surface area contributed by atoms with E-state index in [-0.39, 0.29) is 0 Å². The van der Waals surface area contributed by atoms with Crippen molar-refractivity contribution in [1.29, 1.82) is 0 Å². The van der Waals surface area contributed by atoms with Crippen molar-refractivity contribution < 1.29 is 13.2 Å². The van der Waals surface area contributed by atoms with Crippen molar-refractivity contribution in [2.45, 2.75) is 33.4 Å². The Labute approximate surface area is 58.7 Å². The molecule has 0 bridgehead atoms. The van der Waals surface area contributed by atoms with E-state index in [9.17, 15) is 13.2 Å². The fraction of sp³-hybridized carbons (Fsp3) is 0.714. The zero-order valence-corrected chi connectivity index (χ0v) is 6.34. The van der Waals surface area contributed by atoms with Crippen molar-refractivity contribution in [3.63, 3.8) is 0 Å². The second kappa shape index (κ2) is 3.08. The third kappa shape index (κ3) is 2.42. The lowest BCUT2D eigenvalue weighted by Gasteiger charge is -2.09. The van der Waals surface area contributed by atoms with Crippen LogP contribution in [0.5, 0.6) is 0 Å². The molecule has 0 spiro atoms. The summed E-state index contributed by atoms with van der Waals surface area (Å²) in [4.78, 5) is 0. The van der Waals surface area contributed by atoms with Crippen LogP contribution in [0.25, 0.3) is 0 Å². The molecule has 0 saturated carbocycles. The molecule has 0 saturated heterocycles. The van der Waals surface area contributed by atoms with Gasteiger partial charge in [-0.2, -0.15) is 13.2 Å². The Morgan fingerprint density at radius 2 is 1.60 bits per heavy atom. The van der Waals surface area contributed by atoms with Crippen molar-refractivity contribution in [3.8, 4) is 0 Å². The van der Waals surface area contributed by atoms with Gasteiger partial charge in [0, 0.05) is 5.57 Å². The normalized spacial score (nSPS) is 15.0. The van der Waals surface area contributed by atoms with Gasteiger partial charge in [0.1, 0.15) is 0 Å². The zero-order chi connectivity index (χ0) is 8.36. The minimum atomic E-state index is -4.14. The highest BCUT2D eigenvalue weighted by atomic mass is 19.4. The monoisotopic (exact) mass is 152 g/mol. The van der Waals surface area contributed by atoms with Crippen LogP contribution in [0.15, 0.2) is 11.1 Å². The molecule has 0 nitrogen and oxygen atoms in total. The molecule has 10 heavy (non-hydrogen) atoms. The first-order valence-electron chi connectivity index (χ1n) is 3.13. The van der Waals surface area contributed by atoms with Crippen molar-refractivity contribution in [1.82, 2.24) is 0 Å². The molecule has 0 aromatic carbocycles. The minimum absolute atomic E-state index is 0.410. The standard InChI is InChI=1S/C7H11F3/c1-4-5(2)6(3)7(8,9)10/h4H2,1-3H3. The van der Waals surface area contributed by atoms with E-state index in [1.54, 1.807) is 6.92 Å². The van der Waals surface area contributed by atoms with Gasteiger partial charge in [-0.3, -0.25) is 0 Å². The highest BCUT2D eigenvalue weighted by Gasteiger charge is 2.30. The van der Waals surface area contributed by atoms with Gasteiger partial charge in [-0.1, -0.05) is 12.5 Å². The molecule has 0 unspecified atom stereocenters. The van der Waals surface area contributed by atoms with E-state index in [0.29, 0.717) is 12.0 Å². The van der Waals surface area contributed by atoms with Gasteiger partial charge in [0.05, 0.1) is 0 Å². The third-order valence-corrected chi connectivity index (χ3v) is 1.60. The second-order valence-electron chi connectivity index (χ2n) is 2.26. The Balaban J connectivity index is 4.47. The van der Waals surface area contributed by atoms with Crippen molar-refractivity contribution in [2.75, 3.05) is 0 Å². The van der Waals surface area contributed by atoms with Gasteiger partial charge >= 0.3 is 6.18 Å². The first kappa shape index (κ1) is 9.53. The van der Waals surface area contributed by atoms with Crippen molar-refractivity contribution in [2.24, 2.45) is 0 Å². The Hall–Kier alpha value is -0.470. The summed E-state index contributed by atoms with van der Waals surface area (Å²) >= 11 is 0. The molecule has 3 heteroatoms. The summed E-state index contributed by atoms with van der Waals surface area (Å²) in [6.07, 6.45) is -3.68. The lowest BCUT2D eigenvalue weighted by molar-refractivity contribution is -0.0922. The molecule has 0 radical (unpaired) electrons. The van der Waals surface area contributed by atoms with Crippen LogP contribution in [0.1, 0.15) is 27.2 Å². The molecular formula is C7H11F3. The number of allylic oxidation sites excluding steroid dienone is 2. The number of hydrogen-bond acceptors (Lipinski definition) is 0. The average Bonchev–Trinajstić information content (AvgIpc) is 1.83. The van der Waals surface area contributed by atoms with Gasteiger partial charge in [-0.25, -0.2) is 0 Å². The van der Waals surface area contributed by atoms with Gasteiger partial charge in [-0.05, 0) is 20.3 Å². The Morgan fingerprint density at radius 3 is 1.70 bits per heavy atom. The second-order valence-corrected chi connectivity index (χ2v) is 2.26. The zero-order valence-electron chi connectivity index (χ0n) is 6.34. The molecule has 0 atom stereocenters. The van der Waals surface area contributed by atoms with Crippen LogP contribution in [-0.2, 0) is 0 Å². The molecule has 0 aromatic heterocycles. The van der Waals surface area contributed by atoms with Crippen LogP contribution in [0, 0.1) is 0 Å². The fourth-order valence-corrected chi connectivity index (χ4v) is 0.507. The Morgan fingerprint density at radius 1 is 1.20 bits per heavy atom. The molecular weight excluding hydrogens is 141 g/mol. The highest BCUT2D eigenvalue weighted by molar-refractivity contribution is 5.13. The number of hydrogen-bond donors (Lipinski definition) is 0. The Bertz CT molecular complexity index is 141. The van der Waals surface area contributed by atoms with E-state index in [1.165, 1.54) is 6.92 Å². The molecule has 0 rings (SSSR count). The summed E-state index contributed by atoms with van der Waals surface area (Å²) < 4.78 is 35.5. The third-order valence-electron chi connectivity index (χ3n) is 1.60. The first-order chi connectivity index (χ1) is 4.39. The smallest absolute Gasteiger partial charge is 0.166 e. The van der Waals surface area contributed by atoms with Crippen LogP contribution in [0.4, 0.5) is 13.2 Å². The lowest BCUT2D eigenvalue weighted by Crippen LogP contribution is -2.10. The molecule has 0 aromatic rings. The molecule has 0 aliphatic heterocycles. The maximum atomic E-state index is 11.8. The van der Waals surface area contributed by atoms with Crippen LogP contribution < -0.4 is 0 Å². The summed E-state index contributed by atoms with van der Waals surface area (Å²) in [6, 6.07) is 0. The number of alkyl halides is 3. The van der Waals surface area contributed by atoms with E-state index < -0.39 is 11.7 Å². The summed E-state index contributed by atoms with van der Waals surface area (Å²) in [5, 5.41) is 0. The molecule has 0 heterocycles. The number of halogens is 3. The largest absolute Gasteiger partial charge is 0.412 e. The average molecular weight is 152 g/mol. The molecule has 0 N–H and O–H groups in total. The summed E-state index contributed by atoms with van der Waals surface area (Å²) in [5.41, 5.74) is -0.0532. The maximum absolute atomic E-state index is 11.8. The summed E-state index contributed by atoms with van der Waals surface area (Å²) in [7, 11) is 0. The molecule has 0 fully saturated rings. The lowest BCUT2D eigenvalue weighted by atomic mass is 10.1. The quantitative estimate of drug-likeness (QED) is 0.506. The van der Waals surface area contributed by atoms with E-state index in [2.05, 4.69) is 0 Å². The topological polar surface area (TPSA) is 0 Å². The summed E-state index contributed by atoms with van der Waals surface area (Å²) in [5.74, 6) is 0. The predicted molar refractivity (Wildman–Crippen MR) is 34.7 cm³/mol. The van der Waals surface area contributed by atoms with Crippen LogP contribution in [0.2, 0.25) is 0 Å². The molecule has 0 amide bonds. The van der Waals surface area contributed by atoms with Crippen molar-refractivity contribution in [3.05, 3.63) is 11.1 Å². The van der Waals surface area contributed by atoms with E-state index in [1.807, 2.05) is 0 Å². The van der Waals surface area contributed by atoms with Crippen molar-refractivity contribution >= 4 is 0 Å². The minimum Gasteiger partial charge on any atom is -0.166 e. The fourth-order valence-electron chi connectivity index (χ4n) is 0.507. The van der Waals surface area contributed by atoms with Crippen LogP contribution in [0.3, 0.4) is 0 Å². The summed E-state index contributed by atoms with van der Waals surface area (Å²) in [6.45, 7) is 4.33. The first-order valence-corrected chi connectivity index (χ1v) is 3.13. The van der Waals surface area contributed by atoms with Gasteiger partial charge in [-0.15, -0.1) is 0 Å². The van der Waals surface area contributed by atoms with E-state index in [4.69, 9.17) is 0 Å². The van der Waals surface area contributed by atoms with Gasteiger partial charge < -0.3 is 0 Å². The van der Waals surface area contributed by atoms with E-state index in [0.717, 1.165) is 6.92 Å². The highest BCUT2D eigenvalue weighted by Crippen LogP contribution is 2.28. The SMILES string of the molecule is CCC(C)=C(C)C(F)(F)F. The van der Waals surface area contributed by atoms with Gasteiger partial charge in [0.25, 0.3) is 0 Å². The maximum Gasteiger partial charge on any atom is 0.412 e.